The van der Waals surface area contributed by atoms with Gasteiger partial charge in [0.2, 0.25) is 5.79 Å². The standard InChI is InChI=1S/C12H22O11/c13-1-4-6(15)8(17)9(18)11(22-4)21-2-5-7(16)10(19)12(20,3-14)23-5/h4-11,13-20H,1-3H2/t4?,5-,6-,7?,8-,9?,10-,11+,12-/m1/s1. The molecule has 11 heteroatoms. The molecular formula is C12H22O11. The van der Waals surface area contributed by atoms with Crippen LogP contribution in [-0.4, -0.2) is 115 Å². The molecule has 11 nitrogen and oxygen atoms in total. The lowest BCUT2D eigenvalue weighted by Gasteiger charge is -2.39. The van der Waals surface area contributed by atoms with Crippen LogP contribution in [0.3, 0.4) is 0 Å². The Bertz CT molecular complexity index is 393. The molecule has 0 aliphatic carbocycles. The van der Waals surface area contributed by atoms with Crippen LogP contribution in [0.15, 0.2) is 0 Å². The summed E-state index contributed by atoms with van der Waals surface area (Å²) in [6.45, 7) is -2.05. The molecule has 2 saturated heterocycles. The van der Waals surface area contributed by atoms with Crippen molar-refractivity contribution in [3.63, 3.8) is 0 Å². The molecule has 2 aliphatic heterocycles. The molecule has 2 heterocycles. The Morgan fingerprint density at radius 3 is 2.04 bits per heavy atom. The number of rotatable bonds is 5. The van der Waals surface area contributed by atoms with E-state index in [9.17, 15) is 30.6 Å². The first-order chi connectivity index (χ1) is 10.7. The van der Waals surface area contributed by atoms with Crippen LogP contribution in [0.4, 0.5) is 0 Å². The van der Waals surface area contributed by atoms with Crippen molar-refractivity contribution >= 4 is 0 Å². The van der Waals surface area contributed by atoms with Crippen molar-refractivity contribution in [2.24, 2.45) is 0 Å². The van der Waals surface area contributed by atoms with E-state index < -0.39 is 74.6 Å². The number of ether oxygens (including phenoxy) is 3. The van der Waals surface area contributed by atoms with Crippen molar-refractivity contribution < 1.29 is 55.1 Å². The average molecular weight is 342 g/mol. The van der Waals surface area contributed by atoms with Gasteiger partial charge in [-0.1, -0.05) is 0 Å². The van der Waals surface area contributed by atoms with Crippen LogP contribution in [0.1, 0.15) is 0 Å². The predicted molar refractivity (Wildman–Crippen MR) is 68.6 cm³/mol. The molecule has 0 aromatic heterocycles. The SMILES string of the molecule is OCC1O[C@H](OC[C@H]2O[C@](O)(CO)[C@H](O)C2O)C(O)[C@H](O)[C@@H]1O. The van der Waals surface area contributed by atoms with Crippen molar-refractivity contribution in [2.45, 2.75) is 54.8 Å². The van der Waals surface area contributed by atoms with Gasteiger partial charge in [-0.2, -0.15) is 0 Å². The van der Waals surface area contributed by atoms with Crippen LogP contribution in [0.25, 0.3) is 0 Å². The van der Waals surface area contributed by atoms with Crippen molar-refractivity contribution in [1.29, 1.82) is 0 Å². The Hall–Kier alpha value is -0.440. The van der Waals surface area contributed by atoms with Crippen LogP contribution in [0.5, 0.6) is 0 Å². The first kappa shape index (κ1) is 18.9. The minimum absolute atomic E-state index is 0.469. The van der Waals surface area contributed by atoms with E-state index in [4.69, 9.17) is 24.4 Å². The maximum atomic E-state index is 9.78. The molecule has 2 fully saturated rings. The van der Waals surface area contributed by atoms with E-state index in [1.807, 2.05) is 0 Å². The van der Waals surface area contributed by atoms with Crippen LogP contribution in [0, 0.1) is 0 Å². The predicted octanol–water partition coefficient (Wildman–Crippen LogP) is -5.40. The second kappa shape index (κ2) is 7.21. The number of hydrogen-bond acceptors (Lipinski definition) is 11. The van der Waals surface area contributed by atoms with Gasteiger partial charge in [0.1, 0.15) is 42.7 Å². The molecule has 0 spiro atoms. The molecule has 8 N–H and O–H groups in total. The minimum atomic E-state index is -2.34. The number of hydrogen-bond donors (Lipinski definition) is 8. The Morgan fingerprint density at radius 2 is 1.52 bits per heavy atom. The monoisotopic (exact) mass is 342 g/mol. The van der Waals surface area contributed by atoms with Gasteiger partial charge in [-0.15, -0.1) is 0 Å². The van der Waals surface area contributed by atoms with Crippen molar-refractivity contribution in [3.8, 4) is 0 Å². The molecule has 0 aromatic carbocycles. The molecule has 3 unspecified atom stereocenters. The molecule has 23 heavy (non-hydrogen) atoms. The summed E-state index contributed by atoms with van der Waals surface area (Å²) in [7, 11) is 0. The van der Waals surface area contributed by atoms with Gasteiger partial charge in [-0.25, -0.2) is 0 Å². The van der Waals surface area contributed by atoms with Gasteiger partial charge in [0.05, 0.1) is 19.8 Å². The molecule has 2 aliphatic rings. The zero-order chi connectivity index (χ0) is 17.4. The van der Waals surface area contributed by atoms with Gasteiger partial charge in [0, 0.05) is 0 Å². The zero-order valence-electron chi connectivity index (χ0n) is 12.0. The quantitative estimate of drug-likeness (QED) is 0.238. The maximum absolute atomic E-state index is 9.78. The normalized spacial score (nSPS) is 51.1. The minimum Gasteiger partial charge on any atom is -0.394 e. The fourth-order valence-electron chi connectivity index (χ4n) is 2.53. The summed E-state index contributed by atoms with van der Waals surface area (Å²) in [5.41, 5.74) is 0. The second-order valence-corrected chi connectivity index (χ2v) is 5.63. The summed E-state index contributed by atoms with van der Waals surface area (Å²) in [6.07, 6.45) is -12.0. The van der Waals surface area contributed by atoms with E-state index in [0.717, 1.165) is 0 Å². The highest BCUT2D eigenvalue weighted by atomic mass is 16.7. The highest BCUT2D eigenvalue weighted by molar-refractivity contribution is 4.95. The van der Waals surface area contributed by atoms with Crippen LogP contribution < -0.4 is 0 Å². The van der Waals surface area contributed by atoms with Crippen molar-refractivity contribution in [3.05, 3.63) is 0 Å². The summed E-state index contributed by atoms with van der Waals surface area (Å²) < 4.78 is 15.2. The topological polar surface area (TPSA) is 190 Å². The lowest BCUT2D eigenvalue weighted by Crippen LogP contribution is -2.59. The third-order valence-corrected chi connectivity index (χ3v) is 4.02. The van der Waals surface area contributed by atoms with Gasteiger partial charge in [-0.05, 0) is 0 Å². The fourth-order valence-corrected chi connectivity index (χ4v) is 2.53. The Balaban J connectivity index is 1.95. The highest BCUT2D eigenvalue weighted by Gasteiger charge is 2.53. The van der Waals surface area contributed by atoms with Gasteiger partial charge < -0.3 is 55.1 Å². The van der Waals surface area contributed by atoms with Gasteiger partial charge in [-0.3, -0.25) is 0 Å². The van der Waals surface area contributed by atoms with Crippen molar-refractivity contribution in [1.82, 2.24) is 0 Å². The molecular weight excluding hydrogens is 320 g/mol. The van der Waals surface area contributed by atoms with Crippen LogP contribution >= 0.6 is 0 Å². The smallest absolute Gasteiger partial charge is 0.219 e. The zero-order valence-corrected chi connectivity index (χ0v) is 12.0. The van der Waals surface area contributed by atoms with E-state index in [1.165, 1.54) is 0 Å². The maximum Gasteiger partial charge on any atom is 0.219 e. The van der Waals surface area contributed by atoms with Crippen molar-refractivity contribution in [2.75, 3.05) is 19.8 Å². The first-order valence-corrected chi connectivity index (χ1v) is 7.04. The van der Waals surface area contributed by atoms with E-state index in [-0.39, 0.29) is 0 Å². The van der Waals surface area contributed by atoms with Gasteiger partial charge >= 0.3 is 0 Å². The van der Waals surface area contributed by atoms with E-state index >= 15 is 0 Å². The average Bonchev–Trinajstić information content (AvgIpc) is 2.77. The molecule has 136 valence electrons. The summed E-state index contributed by atoms with van der Waals surface area (Å²) in [5.74, 6) is -2.34. The fraction of sp³-hybridized carbons (Fsp3) is 1.00. The molecule has 0 radical (unpaired) electrons. The largest absolute Gasteiger partial charge is 0.394 e. The number of aliphatic hydroxyl groups excluding tert-OH is 7. The summed E-state index contributed by atoms with van der Waals surface area (Å²) in [6, 6.07) is 0. The molecule has 0 amide bonds. The lowest BCUT2D eigenvalue weighted by molar-refractivity contribution is -0.310. The molecule has 0 saturated carbocycles. The van der Waals surface area contributed by atoms with E-state index in [1.54, 1.807) is 0 Å². The Labute approximate surface area is 130 Å². The van der Waals surface area contributed by atoms with Gasteiger partial charge in [0.15, 0.2) is 6.29 Å². The highest BCUT2D eigenvalue weighted by Crippen LogP contribution is 2.30. The summed E-state index contributed by atoms with van der Waals surface area (Å²) >= 11 is 0. The number of aliphatic hydroxyl groups is 8. The molecule has 0 bridgehead atoms. The lowest BCUT2D eigenvalue weighted by atomic mass is 9.99. The second-order valence-electron chi connectivity index (χ2n) is 5.63. The Morgan fingerprint density at radius 1 is 0.870 bits per heavy atom. The third-order valence-electron chi connectivity index (χ3n) is 4.02. The molecule has 0 aromatic rings. The van der Waals surface area contributed by atoms with Crippen LogP contribution in [-0.2, 0) is 14.2 Å². The third kappa shape index (κ3) is 3.50. The van der Waals surface area contributed by atoms with Gasteiger partial charge in [0.25, 0.3) is 0 Å². The summed E-state index contributed by atoms with van der Waals surface area (Å²) in [5, 5.41) is 76.1. The molecule has 2 rings (SSSR count). The van der Waals surface area contributed by atoms with E-state index in [0.29, 0.717) is 0 Å². The Kier molecular flexibility index (Phi) is 5.92. The van der Waals surface area contributed by atoms with Crippen LogP contribution in [0.2, 0.25) is 0 Å². The summed E-state index contributed by atoms with van der Waals surface area (Å²) in [4.78, 5) is 0. The van der Waals surface area contributed by atoms with E-state index in [2.05, 4.69) is 0 Å². The molecule has 9 atom stereocenters. The first-order valence-electron chi connectivity index (χ1n) is 7.04.